The molecule has 2 aliphatic rings. The molecular weight excluding hydrogens is 224 g/mol. The summed E-state index contributed by atoms with van der Waals surface area (Å²) >= 11 is 0. The van der Waals surface area contributed by atoms with Crippen molar-refractivity contribution in [2.75, 3.05) is 19.6 Å². The standard InChI is InChI=1S/C14H24N4/c1-10-13(9-17(3)16-10)11(2)18-6-4-5-12-7-15-8-14(12)18/h9,11-12,14-15H,4-8H2,1-3H3. The van der Waals surface area contributed by atoms with Gasteiger partial charge in [-0.15, -0.1) is 0 Å². The molecule has 2 saturated heterocycles. The van der Waals surface area contributed by atoms with Crippen LogP contribution in [0, 0.1) is 12.8 Å². The second-order valence-electron chi connectivity index (χ2n) is 5.89. The lowest BCUT2D eigenvalue weighted by Gasteiger charge is -2.41. The Morgan fingerprint density at radius 3 is 3.00 bits per heavy atom. The molecule has 3 atom stereocenters. The lowest BCUT2D eigenvalue weighted by atomic mass is 9.90. The maximum absolute atomic E-state index is 4.49. The molecule has 1 aromatic heterocycles. The van der Waals surface area contributed by atoms with Crippen molar-refractivity contribution in [1.29, 1.82) is 0 Å². The van der Waals surface area contributed by atoms with Crippen LogP contribution < -0.4 is 5.32 Å². The minimum absolute atomic E-state index is 0.492. The van der Waals surface area contributed by atoms with Crippen LogP contribution in [0.3, 0.4) is 0 Å². The van der Waals surface area contributed by atoms with Crippen LogP contribution in [-0.2, 0) is 7.05 Å². The van der Waals surface area contributed by atoms with Crippen LogP contribution in [0.5, 0.6) is 0 Å². The van der Waals surface area contributed by atoms with E-state index >= 15 is 0 Å². The number of piperidine rings is 1. The molecule has 4 heteroatoms. The number of aryl methyl sites for hydroxylation is 2. The van der Waals surface area contributed by atoms with Gasteiger partial charge in [-0.05, 0) is 45.7 Å². The van der Waals surface area contributed by atoms with Crippen molar-refractivity contribution in [3.05, 3.63) is 17.5 Å². The zero-order valence-corrected chi connectivity index (χ0v) is 11.7. The van der Waals surface area contributed by atoms with Crippen molar-refractivity contribution >= 4 is 0 Å². The minimum atomic E-state index is 0.492. The number of hydrogen-bond acceptors (Lipinski definition) is 3. The molecule has 2 fully saturated rings. The third kappa shape index (κ3) is 1.97. The fourth-order valence-corrected chi connectivity index (χ4v) is 3.79. The Bertz CT molecular complexity index is 425. The van der Waals surface area contributed by atoms with E-state index in [1.54, 1.807) is 0 Å². The van der Waals surface area contributed by atoms with Gasteiger partial charge < -0.3 is 5.32 Å². The molecule has 4 nitrogen and oxygen atoms in total. The minimum Gasteiger partial charge on any atom is -0.315 e. The average Bonchev–Trinajstić information content (AvgIpc) is 2.94. The van der Waals surface area contributed by atoms with Gasteiger partial charge in [0.25, 0.3) is 0 Å². The molecular formula is C14H24N4. The second-order valence-corrected chi connectivity index (χ2v) is 5.89. The summed E-state index contributed by atoms with van der Waals surface area (Å²) in [5.74, 6) is 0.859. The molecule has 0 spiro atoms. The highest BCUT2D eigenvalue weighted by Gasteiger charge is 2.37. The molecule has 1 aromatic rings. The third-order valence-electron chi connectivity index (χ3n) is 4.72. The average molecular weight is 248 g/mol. The summed E-state index contributed by atoms with van der Waals surface area (Å²) in [6.45, 7) is 8.07. The van der Waals surface area contributed by atoms with E-state index in [-0.39, 0.29) is 0 Å². The number of fused-ring (bicyclic) bond motifs is 1. The Kier molecular flexibility index (Phi) is 3.16. The molecule has 0 saturated carbocycles. The van der Waals surface area contributed by atoms with Crippen LogP contribution >= 0.6 is 0 Å². The first-order chi connectivity index (χ1) is 8.66. The number of likely N-dealkylation sites (tertiary alicyclic amines) is 1. The van der Waals surface area contributed by atoms with Gasteiger partial charge in [0, 0.05) is 37.4 Å². The van der Waals surface area contributed by atoms with Crippen LogP contribution in [-0.4, -0.2) is 40.4 Å². The molecule has 3 unspecified atom stereocenters. The maximum Gasteiger partial charge on any atom is 0.0641 e. The topological polar surface area (TPSA) is 33.1 Å². The molecule has 3 heterocycles. The van der Waals surface area contributed by atoms with Gasteiger partial charge in [-0.3, -0.25) is 9.58 Å². The Hall–Kier alpha value is -0.870. The molecule has 2 aliphatic heterocycles. The second kappa shape index (κ2) is 4.67. The first-order valence-corrected chi connectivity index (χ1v) is 7.13. The van der Waals surface area contributed by atoms with Crippen molar-refractivity contribution in [3.8, 4) is 0 Å². The molecule has 0 aliphatic carbocycles. The van der Waals surface area contributed by atoms with Gasteiger partial charge in [0.2, 0.25) is 0 Å². The largest absolute Gasteiger partial charge is 0.315 e. The molecule has 0 bridgehead atoms. The Morgan fingerprint density at radius 1 is 1.44 bits per heavy atom. The summed E-state index contributed by atoms with van der Waals surface area (Å²) < 4.78 is 1.94. The van der Waals surface area contributed by atoms with Gasteiger partial charge in [0.05, 0.1) is 5.69 Å². The monoisotopic (exact) mass is 248 g/mol. The summed E-state index contributed by atoms with van der Waals surface area (Å²) in [6, 6.07) is 1.22. The SMILES string of the molecule is Cc1nn(C)cc1C(C)N1CCCC2CNCC21. The lowest BCUT2D eigenvalue weighted by molar-refractivity contribution is 0.0844. The van der Waals surface area contributed by atoms with Crippen LogP contribution in [0.15, 0.2) is 6.20 Å². The number of aromatic nitrogens is 2. The zero-order valence-electron chi connectivity index (χ0n) is 11.7. The number of rotatable bonds is 2. The van der Waals surface area contributed by atoms with Crippen LogP contribution in [0.25, 0.3) is 0 Å². The van der Waals surface area contributed by atoms with E-state index in [2.05, 4.69) is 35.4 Å². The molecule has 0 amide bonds. The van der Waals surface area contributed by atoms with Crippen LogP contribution in [0.2, 0.25) is 0 Å². The van der Waals surface area contributed by atoms with Gasteiger partial charge in [0.15, 0.2) is 0 Å². The number of hydrogen-bond donors (Lipinski definition) is 1. The van der Waals surface area contributed by atoms with E-state index in [1.807, 2.05) is 11.7 Å². The molecule has 0 radical (unpaired) electrons. The third-order valence-corrected chi connectivity index (χ3v) is 4.72. The molecule has 100 valence electrons. The van der Waals surface area contributed by atoms with Crippen molar-refractivity contribution in [1.82, 2.24) is 20.0 Å². The van der Waals surface area contributed by atoms with Gasteiger partial charge >= 0.3 is 0 Å². The first-order valence-electron chi connectivity index (χ1n) is 7.13. The Morgan fingerprint density at radius 2 is 2.28 bits per heavy atom. The molecule has 0 aromatic carbocycles. The fourth-order valence-electron chi connectivity index (χ4n) is 3.79. The van der Waals surface area contributed by atoms with Crippen molar-refractivity contribution < 1.29 is 0 Å². The molecule has 18 heavy (non-hydrogen) atoms. The van der Waals surface area contributed by atoms with Crippen molar-refractivity contribution in [2.45, 2.75) is 38.8 Å². The van der Waals surface area contributed by atoms with Gasteiger partial charge in [0.1, 0.15) is 0 Å². The molecule has 1 N–H and O–H groups in total. The summed E-state index contributed by atoms with van der Waals surface area (Å²) in [4.78, 5) is 2.69. The predicted octanol–water partition coefficient (Wildman–Crippen LogP) is 1.47. The smallest absolute Gasteiger partial charge is 0.0641 e. The van der Waals surface area contributed by atoms with Crippen molar-refractivity contribution in [3.63, 3.8) is 0 Å². The zero-order chi connectivity index (χ0) is 12.7. The van der Waals surface area contributed by atoms with Crippen LogP contribution in [0.4, 0.5) is 0 Å². The maximum atomic E-state index is 4.49. The highest BCUT2D eigenvalue weighted by molar-refractivity contribution is 5.20. The van der Waals surface area contributed by atoms with E-state index in [9.17, 15) is 0 Å². The lowest BCUT2D eigenvalue weighted by Crippen LogP contribution is -2.46. The summed E-state index contributed by atoms with van der Waals surface area (Å²) in [5.41, 5.74) is 2.57. The summed E-state index contributed by atoms with van der Waals surface area (Å²) in [7, 11) is 2.01. The van der Waals surface area contributed by atoms with E-state index in [0.717, 1.165) is 18.5 Å². The quantitative estimate of drug-likeness (QED) is 0.860. The van der Waals surface area contributed by atoms with E-state index in [0.29, 0.717) is 6.04 Å². The predicted molar refractivity (Wildman–Crippen MR) is 72.4 cm³/mol. The fraction of sp³-hybridized carbons (Fsp3) is 0.786. The Labute approximate surface area is 109 Å². The molecule has 3 rings (SSSR count). The summed E-state index contributed by atoms with van der Waals surface area (Å²) in [6.07, 6.45) is 4.92. The van der Waals surface area contributed by atoms with E-state index in [4.69, 9.17) is 0 Å². The van der Waals surface area contributed by atoms with Gasteiger partial charge in [-0.2, -0.15) is 5.10 Å². The number of nitrogens with one attached hydrogen (secondary N) is 1. The van der Waals surface area contributed by atoms with Gasteiger partial charge in [-0.25, -0.2) is 0 Å². The van der Waals surface area contributed by atoms with Crippen molar-refractivity contribution in [2.24, 2.45) is 13.0 Å². The van der Waals surface area contributed by atoms with E-state index in [1.165, 1.54) is 37.2 Å². The van der Waals surface area contributed by atoms with E-state index < -0.39 is 0 Å². The summed E-state index contributed by atoms with van der Waals surface area (Å²) in [5, 5.41) is 8.04. The first kappa shape index (κ1) is 12.2. The van der Waals surface area contributed by atoms with Crippen LogP contribution in [0.1, 0.15) is 37.1 Å². The Balaban J connectivity index is 1.83. The van der Waals surface area contributed by atoms with Gasteiger partial charge in [-0.1, -0.05) is 0 Å². The number of nitrogens with zero attached hydrogens (tertiary/aromatic N) is 3. The highest BCUT2D eigenvalue weighted by Crippen LogP contribution is 2.33. The normalized spacial score (nSPS) is 30.4. The highest BCUT2D eigenvalue weighted by atomic mass is 15.3.